The normalized spacial score (nSPS) is 12.4. The van der Waals surface area contributed by atoms with E-state index >= 15 is 0 Å². The number of nitrogens with zero attached hydrogens (tertiary/aromatic N) is 1. The monoisotopic (exact) mass is 374 g/mol. The first-order chi connectivity index (χ1) is 12.4. The van der Waals surface area contributed by atoms with E-state index in [1.807, 2.05) is 50.2 Å². The van der Waals surface area contributed by atoms with E-state index in [2.05, 4.69) is 5.32 Å². The Morgan fingerprint density at radius 3 is 2.19 bits per heavy atom. The highest BCUT2D eigenvalue weighted by Crippen LogP contribution is 2.29. The molecular formula is C20H26N2O3S. The highest BCUT2D eigenvalue weighted by Gasteiger charge is 2.29. The van der Waals surface area contributed by atoms with Crippen LogP contribution < -0.4 is 10.2 Å². The zero-order chi connectivity index (χ0) is 19.2. The van der Waals surface area contributed by atoms with Crippen molar-refractivity contribution in [1.29, 1.82) is 0 Å². The summed E-state index contributed by atoms with van der Waals surface area (Å²) in [5, 5.41) is 1.94. The third-order valence-corrected chi connectivity index (χ3v) is 6.31. The van der Waals surface area contributed by atoms with Crippen molar-refractivity contribution >= 4 is 21.4 Å². The molecule has 0 aromatic heterocycles. The Labute approximate surface area is 156 Å². The fraction of sp³-hybridized carbons (Fsp3) is 0.350. The lowest BCUT2D eigenvalue weighted by atomic mass is 10.1. The number of hydrogen-bond acceptors (Lipinski definition) is 4. The minimum atomic E-state index is -3.63. The van der Waals surface area contributed by atoms with Crippen LogP contribution in [0.5, 0.6) is 0 Å². The number of benzene rings is 2. The van der Waals surface area contributed by atoms with Gasteiger partial charge in [0.25, 0.3) is 0 Å². The Hall–Kier alpha value is -2.34. The Morgan fingerprint density at radius 2 is 1.65 bits per heavy atom. The minimum Gasteiger partial charge on any atom is -0.378 e. The molecule has 1 atom stereocenters. The first-order valence-corrected chi connectivity index (χ1v) is 10.2. The van der Waals surface area contributed by atoms with Gasteiger partial charge in [-0.1, -0.05) is 37.3 Å². The third-order valence-electron chi connectivity index (χ3n) is 4.19. The van der Waals surface area contributed by atoms with E-state index in [1.165, 1.54) is 0 Å². The van der Waals surface area contributed by atoms with E-state index < -0.39 is 15.1 Å². The minimum absolute atomic E-state index is 0.0529. The van der Waals surface area contributed by atoms with Crippen LogP contribution in [0.4, 0.5) is 5.69 Å². The molecule has 6 heteroatoms. The zero-order valence-corrected chi connectivity index (χ0v) is 16.3. The van der Waals surface area contributed by atoms with Crippen LogP contribution >= 0.6 is 0 Å². The van der Waals surface area contributed by atoms with Crippen LogP contribution in [0, 0.1) is 0 Å². The number of carbonyl (C=O) groups is 1. The predicted molar refractivity (Wildman–Crippen MR) is 105 cm³/mol. The van der Waals surface area contributed by atoms with Gasteiger partial charge in [-0.05, 0) is 36.2 Å². The molecule has 0 radical (unpaired) electrons. The van der Waals surface area contributed by atoms with Gasteiger partial charge < -0.3 is 10.2 Å². The summed E-state index contributed by atoms with van der Waals surface area (Å²) in [5.74, 6) is -0.134. The topological polar surface area (TPSA) is 66.5 Å². The van der Waals surface area contributed by atoms with Crippen LogP contribution in [0.2, 0.25) is 0 Å². The van der Waals surface area contributed by atoms with Crippen LogP contribution in [0.15, 0.2) is 59.5 Å². The summed E-state index contributed by atoms with van der Waals surface area (Å²) in [4.78, 5) is 14.1. The fourth-order valence-corrected chi connectivity index (χ4v) is 4.37. The summed E-state index contributed by atoms with van der Waals surface area (Å²) < 4.78 is 26.3. The Morgan fingerprint density at radius 1 is 1.04 bits per heavy atom. The SMILES string of the molecule is CCCC(=O)NC[C@H](c1ccc(N(C)C)cc1)S(=O)(=O)c1ccccc1. The lowest BCUT2D eigenvalue weighted by Gasteiger charge is -2.20. The van der Waals surface area contributed by atoms with E-state index in [1.54, 1.807) is 30.3 Å². The summed E-state index contributed by atoms with van der Waals surface area (Å²) in [6.07, 6.45) is 1.11. The maximum atomic E-state index is 13.2. The number of rotatable bonds is 8. The number of amides is 1. The second kappa shape index (κ2) is 8.85. The Kier molecular flexibility index (Phi) is 6.80. The molecular weight excluding hydrogens is 348 g/mol. The molecule has 0 aliphatic carbocycles. The average molecular weight is 375 g/mol. The number of sulfone groups is 1. The molecule has 2 aromatic carbocycles. The molecule has 0 heterocycles. The van der Waals surface area contributed by atoms with Crippen LogP contribution in [0.3, 0.4) is 0 Å². The molecule has 140 valence electrons. The first kappa shape index (κ1) is 20.0. The number of nitrogens with one attached hydrogen (secondary N) is 1. The van der Waals surface area contributed by atoms with E-state index in [0.29, 0.717) is 12.0 Å². The van der Waals surface area contributed by atoms with Gasteiger partial charge in [-0.2, -0.15) is 0 Å². The van der Waals surface area contributed by atoms with Crippen LogP contribution in [0.1, 0.15) is 30.6 Å². The molecule has 0 saturated heterocycles. The molecule has 26 heavy (non-hydrogen) atoms. The van der Waals surface area contributed by atoms with Gasteiger partial charge in [-0.25, -0.2) is 8.42 Å². The van der Waals surface area contributed by atoms with Gasteiger partial charge in [0.1, 0.15) is 5.25 Å². The molecule has 1 N–H and O–H groups in total. The lowest BCUT2D eigenvalue weighted by molar-refractivity contribution is -0.121. The van der Waals surface area contributed by atoms with Crippen molar-refractivity contribution in [2.24, 2.45) is 0 Å². The van der Waals surface area contributed by atoms with E-state index in [0.717, 1.165) is 12.1 Å². The summed E-state index contributed by atoms with van der Waals surface area (Å²) in [7, 11) is 0.231. The van der Waals surface area contributed by atoms with Crippen molar-refractivity contribution in [3.05, 3.63) is 60.2 Å². The smallest absolute Gasteiger partial charge is 0.220 e. The van der Waals surface area contributed by atoms with Crippen LogP contribution in [0.25, 0.3) is 0 Å². The van der Waals surface area contributed by atoms with Crippen molar-refractivity contribution in [2.45, 2.75) is 29.9 Å². The Balaban J connectivity index is 2.37. The highest BCUT2D eigenvalue weighted by atomic mass is 32.2. The molecule has 0 fully saturated rings. The van der Waals surface area contributed by atoms with Gasteiger partial charge in [0.2, 0.25) is 5.91 Å². The van der Waals surface area contributed by atoms with Crippen molar-refractivity contribution in [1.82, 2.24) is 5.32 Å². The molecule has 0 bridgehead atoms. The predicted octanol–water partition coefficient (Wildman–Crippen LogP) is 3.18. The van der Waals surface area contributed by atoms with Crippen molar-refractivity contribution in [3.63, 3.8) is 0 Å². The van der Waals surface area contributed by atoms with Crippen molar-refractivity contribution in [2.75, 3.05) is 25.5 Å². The van der Waals surface area contributed by atoms with Gasteiger partial charge in [0.05, 0.1) is 4.90 Å². The van der Waals surface area contributed by atoms with Gasteiger partial charge in [0, 0.05) is 32.7 Å². The molecule has 2 aromatic rings. The molecule has 0 aliphatic rings. The van der Waals surface area contributed by atoms with Gasteiger partial charge in [-0.15, -0.1) is 0 Å². The van der Waals surface area contributed by atoms with Crippen LogP contribution in [-0.4, -0.2) is 35.0 Å². The number of anilines is 1. The summed E-state index contributed by atoms with van der Waals surface area (Å²) in [6.45, 7) is 1.97. The Bertz CT molecular complexity index is 816. The second-order valence-electron chi connectivity index (χ2n) is 6.39. The first-order valence-electron chi connectivity index (χ1n) is 8.69. The second-order valence-corrected chi connectivity index (χ2v) is 8.52. The van der Waals surface area contributed by atoms with Crippen molar-refractivity contribution in [3.8, 4) is 0 Å². The third kappa shape index (κ3) is 4.85. The van der Waals surface area contributed by atoms with E-state index in [4.69, 9.17) is 0 Å². The zero-order valence-electron chi connectivity index (χ0n) is 15.5. The van der Waals surface area contributed by atoms with E-state index in [9.17, 15) is 13.2 Å². The summed E-state index contributed by atoms with van der Waals surface area (Å²) in [6, 6.07) is 15.8. The van der Waals surface area contributed by atoms with Crippen molar-refractivity contribution < 1.29 is 13.2 Å². The lowest BCUT2D eigenvalue weighted by Crippen LogP contribution is -2.31. The number of hydrogen-bond donors (Lipinski definition) is 1. The summed E-state index contributed by atoms with van der Waals surface area (Å²) in [5.41, 5.74) is 1.65. The number of carbonyl (C=O) groups excluding carboxylic acids is 1. The summed E-state index contributed by atoms with van der Waals surface area (Å²) >= 11 is 0. The molecule has 0 aliphatic heterocycles. The molecule has 0 spiro atoms. The molecule has 2 rings (SSSR count). The maximum Gasteiger partial charge on any atom is 0.220 e. The van der Waals surface area contributed by atoms with Crippen LogP contribution in [-0.2, 0) is 14.6 Å². The standard InChI is InChI=1S/C20H26N2O3S/c1-4-8-20(23)21-15-19(16-11-13-17(14-12-16)22(2)3)26(24,25)18-9-6-5-7-10-18/h5-7,9-14,19H,4,8,15H2,1-3H3,(H,21,23)/t19-/m1/s1. The largest absolute Gasteiger partial charge is 0.378 e. The van der Waals surface area contributed by atoms with Gasteiger partial charge >= 0.3 is 0 Å². The molecule has 0 saturated carbocycles. The maximum absolute atomic E-state index is 13.2. The van der Waals surface area contributed by atoms with E-state index in [-0.39, 0.29) is 17.3 Å². The molecule has 5 nitrogen and oxygen atoms in total. The fourth-order valence-electron chi connectivity index (χ4n) is 2.69. The highest BCUT2D eigenvalue weighted by molar-refractivity contribution is 7.91. The molecule has 1 amide bonds. The van der Waals surface area contributed by atoms with Gasteiger partial charge in [-0.3, -0.25) is 4.79 Å². The van der Waals surface area contributed by atoms with Gasteiger partial charge in [0.15, 0.2) is 9.84 Å². The molecule has 0 unspecified atom stereocenters. The average Bonchev–Trinajstić information content (AvgIpc) is 2.63. The quantitative estimate of drug-likeness (QED) is 0.771.